The minimum absolute atomic E-state index is 0.313. The Morgan fingerprint density at radius 3 is 2.62 bits per heavy atom. The third-order valence-electron chi connectivity index (χ3n) is 5.94. The summed E-state index contributed by atoms with van der Waals surface area (Å²) < 4.78 is 10.4. The van der Waals surface area contributed by atoms with Crippen molar-refractivity contribution in [1.82, 2.24) is 24.9 Å². The molecule has 1 aliphatic rings. The van der Waals surface area contributed by atoms with E-state index in [1.807, 2.05) is 10.9 Å². The van der Waals surface area contributed by atoms with Crippen LogP contribution in [0.3, 0.4) is 0 Å². The van der Waals surface area contributed by atoms with E-state index in [4.69, 9.17) is 4.74 Å². The number of piperidine rings is 1. The standard InChI is InChI=1S/C23H27N5O/c1-3-27-22-6-4-16(2)12-20(22)21-13-17(5-7-23(21)27)28-18(14-25-26-28)15-29-19-8-10-24-11-9-19/h4-7,12-14,19,24H,3,8-11,15H2,1-2H3. The summed E-state index contributed by atoms with van der Waals surface area (Å²) in [4.78, 5) is 0. The molecular weight excluding hydrogens is 362 g/mol. The lowest BCUT2D eigenvalue weighted by molar-refractivity contribution is 0.0187. The number of benzene rings is 2. The van der Waals surface area contributed by atoms with Gasteiger partial charge in [0.1, 0.15) is 0 Å². The average Bonchev–Trinajstić information content (AvgIpc) is 3.34. The van der Waals surface area contributed by atoms with Gasteiger partial charge < -0.3 is 14.6 Å². The first-order chi connectivity index (χ1) is 14.2. The van der Waals surface area contributed by atoms with Crippen molar-refractivity contribution < 1.29 is 4.74 Å². The predicted octanol–water partition coefficient (Wildman–Crippen LogP) is 3.97. The Morgan fingerprint density at radius 2 is 1.83 bits per heavy atom. The number of aryl methyl sites for hydroxylation is 2. The molecule has 4 aromatic rings. The van der Waals surface area contributed by atoms with E-state index < -0.39 is 0 Å². The highest BCUT2D eigenvalue weighted by atomic mass is 16.5. The first-order valence-electron chi connectivity index (χ1n) is 10.5. The molecule has 150 valence electrons. The average molecular weight is 390 g/mol. The van der Waals surface area contributed by atoms with Crippen LogP contribution < -0.4 is 5.32 Å². The molecule has 2 aromatic carbocycles. The molecule has 1 fully saturated rings. The minimum Gasteiger partial charge on any atom is -0.372 e. The molecule has 0 aliphatic carbocycles. The maximum Gasteiger partial charge on any atom is 0.0909 e. The number of ether oxygens (including phenoxy) is 1. The zero-order valence-corrected chi connectivity index (χ0v) is 17.1. The van der Waals surface area contributed by atoms with Gasteiger partial charge in [-0.1, -0.05) is 16.8 Å². The fourth-order valence-electron chi connectivity index (χ4n) is 4.42. The monoisotopic (exact) mass is 389 g/mol. The number of hydrogen-bond acceptors (Lipinski definition) is 4. The van der Waals surface area contributed by atoms with Crippen molar-refractivity contribution in [2.45, 2.75) is 45.9 Å². The molecule has 3 heterocycles. The van der Waals surface area contributed by atoms with Crippen LogP contribution in [-0.4, -0.2) is 38.8 Å². The number of nitrogens with one attached hydrogen (secondary N) is 1. The summed E-state index contributed by atoms with van der Waals surface area (Å²) in [5, 5.41) is 14.4. The smallest absolute Gasteiger partial charge is 0.0909 e. The molecule has 0 bridgehead atoms. The first-order valence-corrected chi connectivity index (χ1v) is 10.5. The highest BCUT2D eigenvalue weighted by molar-refractivity contribution is 6.08. The van der Waals surface area contributed by atoms with Crippen LogP contribution in [0.5, 0.6) is 0 Å². The highest BCUT2D eigenvalue weighted by Crippen LogP contribution is 2.31. The van der Waals surface area contributed by atoms with Crippen molar-refractivity contribution in [1.29, 1.82) is 0 Å². The van der Waals surface area contributed by atoms with Gasteiger partial charge in [0, 0.05) is 28.4 Å². The Hall–Kier alpha value is -2.70. The molecule has 0 atom stereocenters. The highest BCUT2D eigenvalue weighted by Gasteiger charge is 2.16. The normalized spacial score (nSPS) is 15.5. The first kappa shape index (κ1) is 18.3. The molecule has 0 saturated carbocycles. The van der Waals surface area contributed by atoms with E-state index in [9.17, 15) is 0 Å². The molecule has 1 aliphatic heterocycles. The van der Waals surface area contributed by atoms with Gasteiger partial charge in [-0.2, -0.15) is 0 Å². The van der Waals surface area contributed by atoms with Crippen LogP contribution in [-0.2, 0) is 17.9 Å². The SMILES string of the molecule is CCn1c2ccc(C)cc2c2cc(-n3nncc3COC3CCNCC3)ccc21. The third-order valence-corrected chi connectivity index (χ3v) is 5.94. The van der Waals surface area contributed by atoms with E-state index in [0.717, 1.165) is 43.9 Å². The van der Waals surface area contributed by atoms with Gasteiger partial charge in [0.2, 0.25) is 0 Å². The van der Waals surface area contributed by atoms with E-state index >= 15 is 0 Å². The van der Waals surface area contributed by atoms with Crippen LogP contribution in [0.4, 0.5) is 0 Å². The van der Waals surface area contributed by atoms with Crippen LogP contribution >= 0.6 is 0 Å². The second-order valence-electron chi connectivity index (χ2n) is 7.86. The number of nitrogens with zero attached hydrogens (tertiary/aromatic N) is 4. The Labute approximate surface area is 170 Å². The molecular formula is C23H27N5O. The summed E-state index contributed by atoms with van der Waals surface area (Å²) in [6, 6.07) is 13.2. The summed E-state index contributed by atoms with van der Waals surface area (Å²) in [5.74, 6) is 0. The van der Waals surface area contributed by atoms with E-state index in [1.165, 1.54) is 27.4 Å². The number of aromatic nitrogens is 4. The Bertz CT molecular complexity index is 1150. The van der Waals surface area contributed by atoms with E-state index in [0.29, 0.717) is 12.7 Å². The maximum absolute atomic E-state index is 6.14. The molecule has 6 nitrogen and oxygen atoms in total. The van der Waals surface area contributed by atoms with Crippen LogP contribution in [0, 0.1) is 6.92 Å². The molecule has 29 heavy (non-hydrogen) atoms. The minimum atomic E-state index is 0.313. The maximum atomic E-state index is 6.14. The van der Waals surface area contributed by atoms with Gasteiger partial charge >= 0.3 is 0 Å². The van der Waals surface area contributed by atoms with Crippen molar-refractivity contribution >= 4 is 21.8 Å². The molecule has 5 rings (SSSR count). The van der Waals surface area contributed by atoms with Gasteiger partial charge in [-0.15, -0.1) is 5.10 Å². The topological polar surface area (TPSA) is 56.9 Å². The second kappa shape index (κ2) is 7.61. The predicted molar refractivity (Wildman–Crippen MR) is 115 cm³/mol. The third kappa shape index (κ3) is 3.32. The van der Waals surface area contributed by atoms with Gasteiger partial charge in [-0.25, -0.2) is 4.68 Å². The van der Waals surface area contributed by atoms with Gasteiger partial charge in [-0.3, -0.25) is 0 Å². The zero-order valence-electron chi connectivity index (χ0n) is 17.1. The Balaban J connectivity index is 1.52. The second-order valence-corrected chi connectivity index (χ2v) is 7.86. The van der Waals surface area contributed by atoms with Crippen molar-refractivity contribution in [3.05, 3.63) is 53.9 Å². The van der Waals surface area contributed by atoms with E-state index in [-0.39, 0.29) is 0 Å². The van der Waals surface area contributed by atoms with Crippen molar-refractivity contribution in [3.8, 4) is 5.69 Å². The van der Waals surface area contributed by atoms with Gasteiger partial charge in [-0.05, 0) is 70.1 Å². The molecule has 1 N–H and O–H groups in total. The molecule has 0 radical (unpaired) electrons. The number of fused-ring (bicyclic) bond motifs is 3. The fourth-order valence-corrected chi connectivity index (χ4v) is 4.42. The van der Waals surface area contributed by atoms with E-state index in [2.05, 4.69) is 70.4 Å². The molecule has 0 amide bonds. The number of hydrogen-bond donors (Lipinski definition) is 1. The van der Waals surface area contributed by atoms with Crippen molar-refractivity contribution in [3.63, 3.8) is 0 Å². The van der Waals surface area contributed by atoms with Gasteiger partial charge in [0.05, 0.1) is 30.3 Å². The fraction of sp³-hybridized carbons (Fsp3) is 0.391. The van der Waals surface area contributed by atoms with Crippen LogP contribution in [0.15, 0.2) is 42.6 Å². The van der Waals surface area contributed by atoms with Crippen LogP contribution in [0.1, 0.15) is 31.0 Å². The van der Waals surface area contributed by atoms with Crippen LogP contribution in [0.25, 0.3) is 27.5 Å². The zero-order chi connectivity index (χ0) is 19.8. The largest absolute Gasteiger partial charge is 0.372 e. The van der Waals surface area contributed by atoms with Crippen molar-refractivity contribution in [2.24, 2.45) is 0 Å². The lowest BCUT2D eigenvalue weighted by Crippen LogP contribution is -2.32. The summed E-state index contributed by atoms with van der Waals surface area (Å²) in [7, 11) is 0. The van der Waals surface area contributed by atoms with Gasteiger partial charge in [0.25, 0.3) is 0 Å². The Morgan fingerprint density at radius 1 is 1.07 bits per heavy atom. The molecule has 2 aromatic heterocycles. The Kier molecular flexibility index (Phi) is 4.81. The summed E-state index contributed by atoms with van der Waals surface area (Å²) >= 11 is 0. The molecule has 6 heteroatoms. The molecule has 0 unspecified atom stereocenters. The summed E-state index contributed by atoms with van der Waals surface area (Å²) in [5.41, 5.74) is 5.81. The van der Waals surface area contributed by atoms with Gasteiger partial charge in [0.15, 0.2) is 0 Å². The lowest BCUT2D eigenvalue weighted by Gasteiger charge is -2.22. The molecule has 1 saturated heterocycles. The quantitative estimate of drug-likeness (QED) is 0.561. The molecule has 0 spiro atoms. The summed E-state index contributed by atoms with van der Waals surface area (Å²) in [6.45, 7) is 7.87. The summed E-state index contributed by atoms with van der Waals surface area (Å²) in [6.07, 6.45) is 4.24. The number of rotatable bonds is 5. The van der Waals surface area contributed by atoms with Crippen LogP contribution in [0.2, 0.25) is 0 Å². The van der Waals surface area contributed by atoms with E-state index in [1.54, 1.807) is 0 Å². The lowest BCUT2D eigenvalue weighted by atomic mass is 10.1. The van der Waals surface area contributed by atoms with Crippen molar-refractivity contribution in [2.75, 3.05) is 13.1 Å².